The van der Waals surface area contributed by atoms with E-state index in [9.17, 15) is 5.11 Å². The molecule has 2 N–H and O–H groups in total. The van der Waals surface area contributed by atoms with Crippen molar-refractivity contribution in [3.63, 3.8) is 0 Å². The lowest BCUT2D eigenvalue weighted by Crippen LogP contribution is -2.24. The maximum atomic E-state index is 9.21. The highest BCUT2D eigenvalue weighted by Gasteiger charge is 2.11. The minimum absolute atomic E-state index is 0.250. The lowest BCUT2D eigenvalue weighted by molar-refractivity contribution is 0.191. The number of aromatic nitrogens is 3. The first-order chi connectivity index (χ1) is 8.99. The van der Waals surface area contributed by atoms with Gasteiger partial charge in [-0.1, -0.05) is 11.6 Å². The monoisotopic (exact) mass is 282 g/mol. The van der Waals surface area contributed by atoms with Gasteiger partial charge in [-0.05, 0) is 26.8 Å². The summed E-state index contributed by atoms with van der Waals surface area (Å²) in [5.41, 5.74) is 1.72. The second-order valence-corrected chi connectivity index (χ2v) is 5.37. The Morgan fingerprint density at radius 3 is 2.79 bits per heavy atom. The van der Waals surface area contributed by atoms with Crippen molar-refractivity contribution in [1.82, 2.24) is 20.1 Å². The highest BCUT2D eigenvalue weighted by Crippen LogP contribution is 2.22. The van der Waals surface area contributed by atoms with Gasteiger partial charge in [0.1, 0.15) is 5.15 Å². The predicted molar refractivity (Wildman–Crippen MR) is 76.3 cm³/mol. The van der Waals surface area contributed by atoms with Gasteiger partial charge in [0.25, 0.3) is 0 Å². The van der Waals surface area contributed by atoms with Crippen LogP contribution in [0.2, 0.25) is 5.15 Å². The van der Waals surface area contributed by atoms with Crippen LogP contribution in [0, 0.1) is 0 Å². The molecule has 0 bridgehead atoms. The highest BCUT2D eigenvalue weighted by molar-refractivity contribution is 6.30. The average Bonchev–Trinajstić information content (AvgIpc) is 2.71. The zero-order valence-electron chi connectivity index (χ0n) is 11.4. The zero-order chi connectivity index (χ0) is 14.0. The van der Waals surface area contributed by atoms with Crippen LogP contribution < -0.4 is 5.32 Å². The Balaban J connectivity index is 2.25. The van der Waals surface area contributed by atoms with E-state index in [1.807, 2.05) is 10.7 Å². The second-order valence-electron chi connectivity index (χ2n) is 5.01. The number of hydrogen-bond donors (Lipinski definition) is 2. The normalized spacial score (nSPS) is 13.4. The number of aliphatic hydroxyl groups excluding tert-OH is 1. The molecule has 0 amide bonds. The van der Waals surface area contributed by atoms with Gasteiger partial charge in [-0.25, -0.2) is 9.67 Å². The number of nitrogens with zero attached hydrogens (tertiary/aromatic N) is 3. The van der Waals surface area contributed by atoms with Gasteiger partial charge in [0.15, 0.2) is 5.65 Å². The molecule has 0 aliphatic carbocycles. The summed E-state index contributed by atoms with van der Waals surface area (Å²) in [5, 5.41) is 18.1. The van der Waals surface area contributed by atoms with Crippen LogP contribution in [0.4, 0.5) is 0 Å². The number of hydrogen-bond acceptors (Lipinski definition) is 4. The van der Waals surface area contributed by atoms with Gasteiger partial charge < -0.3 is 10.4 Å². The number of halogens is 1. The van der Waals surface area contributed by atoms with Gasteiger partial charge in [0.2, 0.25) is 0 Å². The summed E-state index contributed by atoms with van der Waals surface area (Å²) >= 11 is 6.20. The van der Waals surface area contributed by atoms with Crippen molar-refractivity contribution in [2.45, 2.75) is 39.5 Å². The topological polar surface area (TPSA) is 63.0 Å². The Hall–Kier alpha value is -1.17. The van der Waals surface area contributed by atoms with Gasteiger partial charge in [-0.15, -0.1) is 0 Å². The van der Waals surface area contributed by atoms with E-state index in [1.165, 1.54) is 0 Å². The van der Waals surface area contributed by atoms with Crippen molar-refractivity contribution in [3.05, 3.63) is 23.0 Å². The van der Waals surface area contributed by atoms with Crippen LogP contribution in [0.3, 0.4) is 0 Å². The van der Waals surface area contributed by atoms with Crippen molar-refractivity contribution in [3.8, 4) is 0 Å². The fraction of sp³-hybridized carbons (Fsp3) is 0.538. The maximum absolute atomic E-state index is 9.21. The lowest BCUT2D eigenvalue weighted by Gasteiger charge is -2.10. The Morgan fingerprint density at radius 1 is 1.42 bits per heavy atom. The van der Waals surface area contributed by atoms with Gasteiger partial charge in [0, 0.05) is 30.1 Å². The van der Waals surface area contributed by atoms with Crippen LogP contribution in [0.5, 0.6) is 0 Å². The Morgan fingerprint density at radius 2 is 2.16 bits per heavy atom. The SMILES string of the molecule is CC(O)CNCc1cc2cnn(C(C)C)c2nc1Cl. The summed E-state index contributed by atoms with van der Waals surface area (Å²) in [4.78, 5) is 4.42. The summed E-state index contributed by atoms with van der Waals surface area (Å²) in [5.74, 6) is 0. The quantitative estimate of drug-likeness (QED) is 0.825. The molecule has 5 nitrogen and oxygen atoms in total. The molecule has 0 aliphatic heterocycles. The molecule has 2 aromatic rings. The van der Waals surface area contributed by atoms with Gasteiger partial charge in [-0.3, -0.25) is 0 Å². The van der Waals surface area contributed by atoms with E-state index >= 15 is 0 Å². The molecule has 19 heavy (non-hydrogen) atoms. The van der Waals surface area contributed by atoms with Gasteiger partial charge in [0.05, 0.1) is 12.3 Å². The summed E-state index contributed by atoms with van der Waals surface area (Å²) < 4.78 is 1.86. The summed E-state index contributed by atoms with van der Waals surface area (Å²) in [6.07, 6.45) is 1.43. The van der Waals surface area contributed by atoms with Crippen LogP contribution in [-0.4, -0.2) is 32.5 Å². The van der Waals surface area contributed by atoms with Gasteiger partial charge in [-0.2, -0.15) is 5.10 Å². The first kappa shape index (κ1) is 14.2. The number of nitrogens with one attached hydrogen (secondary N) is 1. The van der Waals surface area contributed by atoms with Crippen LogP contribution in [0.1, 0.15) is 32.4 Å². The molecule has 6 heteroatoms. The fourth-order valence-electron chi connectivity index (χ4n) is 1.92. The van der Waals surface area contributed by atoms with Gasteiger partial charge >= 0.3 is 0 Å². The zero-order valence-corrected chi connectivity index (χ0v) is 12.1. The maximum Gasteiger partial charge on any atom is 0.159 e. The van der Waals surface area contributed by atoms with E-state index in [1.54, 1.807) is 13.1 Å². The first-order valence-corrected chi connectivity index (χ1v) is 6.78. The molecule has 0 radical (unpaired) electrons. The molecule has 1 unspecified atom stereocenters. The van der Waals surface area contributed by atoms with Crippen molar-refractivity contribution < 1.29 is 5.11 Å². The number of pyridine rings is 1. The van der Waals surface area contributed by atoms with E-state index in [0.29, 0.717) is 18.2 Å². The molecule has 2 aromatic heterocycles. The average molecular weight is 283 g/mol. The van der Waals surface area contributed by atoms with Crippen LogP contribution >= 0.6 is 11.6 Å². The molecule has 0 aromatic carbocycles. The predicted octanol–water partition coefficient (Wildman–Crippen LogP) is 2.14. The second kappa shape index (κ2) is 5.86. The largest absolute Gasteiger partial charge is 0.392 e. The van der Waals surface area contributed by atoms with E-state index in [2.05, 4.69) is 29.2 Å². The van der Waals surface area contributed by atoms with Crippen molar-refractivity contribution in [2.24, 2.45) is 0 Å². The molecule has 2 rings (SSSR count). The Bertz CT molecular complexity index is 565. The highest BCUT2D eigenvalue weighted by atomic mass is 35.5. The summed E-state index contributed by atoms with van der Waals surface area (Å²) in [6.45, 7) is 6.96. The molecular formula is C13H19ClN4O. The number of fused-ring (bicyclic) bond motifs is 1. The van der Waals surface area contributed by atoms with Crippen LogP contribution in [-0.2, 0) is 6.54 Å². The first-order valence-electron chi connectivity index (χ1n) is 6.40. The van der Waals surface area contributed by atoms with Crippen molar-refractivity contribution >= 4 is 22.6 Å². The Labute approximate surface area is 117 Å². The molecule has 0 saturated heterocycles. The molecular weight excluding hydrogens is 264 g/mol. The number of rotatable bonds is 5. The summed E-state index contributed by atoms with van der Waals surface area (Å²) in [6, 6.07) is 2.24. The van der Waals surface area contributed by atoms with Crippen LogP contribution in [0.15, 0.2) is 12.3 Å². The number of aliphatic hydroxyl groups is 1. The van der Waals surface area contributed by atoms with Crippen molar-refractivity contribution in [2.75, 3.05) is 6.54 Å². The molecule has 0 fully saturated rings. The smallest absolute Gasteiger partial charge is 0.159 e. The molecule has 0 aliphatic rings. The third kappa shape index (κ3) is 3.23. The molecule has 1 atom stereocenters. The van der Waals surface area contributed by atoms with E-state index in [0.717, 1.165) is 16.6 Å². The van der Waals surface area contributed by atoms with E-state index in [-0.39, 0.29) is 12.1 Å². The molecule has 2 heterocycles. The van der Waals surface area contributed by atoms with Crippen LogP contribution in [0.25, 0.3) is 11.0 Å². The third-order valence-electron chi connectivity index (χ3n) is 2.84. The molecule has 0 spiro atoms. The third-order valence-corrected chi connectivity index (χ3v) is 3.17. The molecule has 0 saturated carbocycles. The minimum Gasteiger partial charge on any atom is -0.392 e. The molecule has 104 valence electrons. The van der Waals surface area contributed by atoms with E-state index < -0.39 is 0 Å². The van der Waals surface area contributed by atoms with Crippen molar-refractivity contribution in [1.29, 1.82) is 0 Å². The standard InChI is InChI=1S/C13H19ClN4O/c1-8(2)18-13-11(7-16-18)4-10(12(14)17-13)6-15-5-9(3)19/h4,7-9,15,19H,5-6H2,1-3H3. The fourth-order valence-corrected chi connectivity index (χ4v) is 2.12. The Kier molecular flexibility index (Phi) is 4.39. The van der Waals surface area contributed by atoms with E-state index in [4.69, 9.17) is 11.6 Å². The lowest BCUT2D eigenvalue weighted by atomic mass is 10.2. The minimum atomic E-state index is -0.376. The summed E-state index contributed by atoms with van der Waals surface area (Å²) in [7, 11) is 0.